The van der Waals surface area contributed by atoms with Crippen LogP contribution >= 0.6 is 0 Å². The summed E-state index contributed by atoms with van der Waals surface area (Å²) in [5, 5.41) is 13.4. The van der Waals surface area contributed by atoms with E-state index in [0.717, 1.165) is 37.2 Å². The minimum absolute atomic E-state index is 0.221. The first-order valence-electron chi connectivity index (χ1n) is 6.44. The van der Waals surface area contributed by atoms with Crippen LogP contribution in [0.5, 0.6) is 5.75 Å². The highest BCUT2D eigenvalue weighted by Gasteiger charge is 2.16. The van der Waals surface area contributed by atoms with Gasteiger partial charge in [0.1, 0.15) is 11.9 Å². The molecule has 4 nitrogen and oxygen atoms in total. The average Bonchev–Trinajstić information content (AvgIpc) is 2.46. The molecule has 1 aromatic carbocycles. The van der Waals surface area contributed by atoms with Gasteiger partial charge in [0.25, 0.3) is 0 Å². The molecule has 2 N–H and O–H groups in total. The lowest BCUT2D eigenvalue weighted by Crippen LogP contribution is -2.36. The first-order valence-corrected chi connectivity index (χ1v) is 6.44. The number of hydrogen-bond donors (Lipinski definition) is 2. The predicted molar refractivity (Wildman–Crippen MR) is 69.8 cm³/mol. The quantitative estimate of drug-likeness (QED) is 0.832. The number of methoxy groups -OCH3 is 1. The molecule has 0 bridgehead atoms. The van der Waals surface area contributed by atoms with Gasteiger partial charge in [-0.05, 0) is 37.1 Å². The highest BCUT2D eigenvalue weighted by atomic mass is 16.5. The van der Waals surface area contributed by atoms with Gasteiger partial charge in [0.15, 0.2) is 0 Å². The van der Waals surface area contributed by atoms with E-state index < -0.39 is 6.10 Å². The lowest BCUT2D eigenvalue weighted by Gasteiger charge is -2.24. The molecule has 0 spiro atoms. The van der Waals surface area contributed by atoms with Crippen molar-refractivity contribution in [2.45, 2.75) is 25.0 Å². The molecule has 1 heterocycles. The monoisotopic (exact) mass is 251 g/mol. The van der Waals surface area contributed by atoms with Crippen LogP contribution in [0.4, 0.5) is 0 Å². The van der Waals surface area contributed by atoms with E-state index in [4.69, 9.17) is 9.47 Å². The van der Waals surface area contributed by atoms with Crippen molar-refractivity contribution in [3.8, 4) is 5.75 Å². The third-order valence-electron chi connectivity index (χ3n) is 3.22. The van der Waals surface area contributed by atoms with Crippen molar-refractivity contribution in [1.82, 2.24) is 5.32 Å². The van der Waals surface area contributed by atoms with Crippen LogP contribution in [0.15, 0.2) is 24.3 Å². The second kappa shape index (κ2) is 6.73. The summed E-state index contributed by atoms with van der Waals surface area (Å²) < 4.78 is 10.9. The average molecular weight is 251 g/mol. The number of aliphatic hydroxyl groups excluding tert-OH is 1. The van der Waals surface area contributed by atoms with Crippen molar-refractivity contribution in [3.63, 3.8) is 0 Å². The fraction of sp³-hybridized carbons (Fsp3) is 0.571. The van der Waals surface area contributed by atoms with Gasteiger partial charge in [0, 0.05) is 6.54 Å². The van der Waals surface area contributed by atoms with Gasteiger partial charge in [0.2, 0.25) is 0 Å². The van der Waals surface area contributed by atoms with Crippen LogP contribution in [-0.4, -0.2) is 38.0 Å². The van der Waals surface area contributed by atoms with Crippen LogP contribution in [0, 0.1) is 0 Å². The molecule has 2 rings (SSSR count). The molecule has 1 aromatic rings. The van der Waals surface area contributed by atoms with E-state index in [-0.39, 0.29) is 6.10 Å². The summed E-state index contributed by atoms with van der Waals surface area (Å²) in [5.74, 6) is 0.755. The van der Waals surface area contributed by atoms with Crippen molar-refractivity contribution in [2.75, 3.05) is 26.8 Å². The van der Waals surface area contributed by atoms with E-state index in [1.54, 1.807) is 7.11 Å². The molecule has 1 unspecified atom stereocenters. The second-order valence-electron chi connectivity index (χ2n) is 4.59. The van der Waals surface area contributed by atoms with Crippen molar-refractivity contribution in [2.24, 2.45) is 0 Å². The number of hydrogen-bond acceptors (Lipinski definition) is 4. The number of benzene rings is 1. The number of nitrogens with one attached hydrogen (secondary N) is 1. The summed E-state index contributed by atoms with van der Waals surface area (Å²) in [6, 6.07) is 7.46. The highest BCUT2D eigenvalue weighted by Crippen LogP contribution is 2.20. The van der Waals surface area contributed by atoms with E-state index in [9.17, 15) is 5.11 Å². The molecule has 1 fully saturated rings. The molecule has 0 amide bonds. The fourth-order valence-electron chi connectivity index (χ4n) is 2.13. The molecule has 18 heavy (non-hydrogen) atoms. The zero-order chi connectivity index (χ0) is 12.8. The minimum Gasteiger partial charge on any atom is -0.497 e. The number of piperidine rings is 1. The first-order chi connectivity index (χ1) is 8.79. The molecule has 1 saturated heterocycles. The third-order valence-corrected chi connectivity index (χ3v) is 3.22. The van der Waals surface area contributed by atoms with Crippen LogP contribution in [0.25, 0.3) is 0 Å². The van der Waals surface area contributed by atoms with E-state index in [1.807, 2.05) is 24.3 Å². The molecule has 1 aliphatic heterocycles. The SMILES string of the molecule is COc1cccc(C(O)CO[C@H]2CCCNC2)c1. The van der Waals surface area contributed by atoms with E-state index in [1.165, 1.54) is 0 Å². The zero-order valence-corrected chi connectivity index (χ0v) is 10.8. The Morgan fingerprint density at radius 2 is 2.39 bits per heavy atom. The zero-order valence-electron chi connectivity index (χ0n) is 10.8. The summed E-state index contributed by atoms with van der Waals surface area (Å²) in [6.07, 6.45) is 1.83. The molecule has 2 atom stereocenters. The van der Waals surface area contributed by atoms with Crippen molar-refractivity contribution in [1.29, 1.82) is 0 Å². The summed E-state index contributed by atoms with van der Waals surface area (Å²) in [7, 11) is 1.62. The molecule has 0 aromatic heterocycles. The van der Waals surface area contributed by atoms with E-state index in [0.29, 0.717) is 6.61 Å². The molecule has 0 saturated carbocycles. The summed E-state index contributed by atoms with van der Waals surface area (Å²) in [4.78, 5) is 0. The van der Waals surface area contributed by atoms with Gasteiger partial charge in [0.05, 0.1) is 19.8 Å². The van der Waals surface area contributed by atoms with Crippen molar-refractivity contribution >= 4 is 0 Å². The Labute approximate surface area is 108 Å². The lowest BCUT2D eigenvalue weighted by molar-refractivity contribution is -0.0189. The Morgan fingerprint density at radius 1 is 1.50 bits per heavy atom. The molecule has 0 radical (unpaired) electrons. The third kappa shape index (κ3) is 3.70. The van der Waals surface area contributed by atoms with E-state index in [2.05, 4.69) is 5.32 Å². The maximum atomic E-state index is 10.1. The van der Waals surface area contributed by atoms with Gasteiger partial charge in [-0.3, -0.25) is 0 Å². The van der Waals surface area contributed by atoms with Gasteiger partial charge in [-0.15, -0.1) is 0 Å². The number of ether oxygens (including phenoxy) is 2. The summed E-state index contributed by atoms with van der Waals surface area (Å²) in [6.45, 7) is 2.28. The summed E-state index contributed by atoms with van der Waals surface area (Å²) in [5.41, 5.74) is 0.832. The topological polar surface area (TPSA) is 50.7 Å². The molecule has 1 aliphatic rings. The Morgan fingerprint density at radius 3 is 3.11 bits per heavy atom. The Hall–Kier alpha value is -1.10. The Balaban J connectivity index is 1.84. The van der Waals surface area contributed by atoms with Crippen molar-refractivity contribution < 1.29 is 14.6 Å². The molecular weight excluding hydrogens is 230 g/mol. The van der Waals surface area contributed by atoms with Crippen molar-refractivity contribution in [3.05, 3.63) is 29.8 Å². The normalized spacial score (nSPS) is 21.6. The van der Waals surface area contributed by atoms with Crippen LogP contribution in [0.3, 0.4) is 0 Å². The van der Waals surface area contributed by atoms with Gasteiger partial charge in [-0.2, -0.15) is 0 Å². The molecular formula is C14H21NO3. The van der Waals surface area contributed by atoms with Gasteiger partial charge in [-0.1, -0.05) is 12.1 Å². The Kier molecular flexibility index (Phi) is 4.99. The van der Waals surface area contributed by atoms with Gasteiger partial charge < -0.3 is 19.9 Å². The Bertz CT molecular complexity index is 364. The minimum atomic E-state index is -0.595. The summed E-state index contributed by atoms with van der Waals surface area (Å²) >= 11 is 0. The predicted octanol–water partition coefficient (Wildman–Crippen LogP) is 1.50. The van der Waals surface area contributed by atoms with Crippen LogP contribution < -0.4 is 10.1 Å². The molecule has 4 heteroatoms. The van der Waals surface area contributed by atoms with Gasteiger partial charge in [-0.25, -0.2) is 0 Å². The largest absolute Gasteiger partial charge is 0.497 e. The standard InChI is InChI=1S/C14H21NO3/c1-17-12-5-2-4-11(8-12)14(16)10-18-13-6-3-7-15-9-13/h2,4-5,8,13-16H,3,6-7,9-10H2,1H3/t13-,14?/m0/s1. The smallest absolute Gasteiger partial charge is 0.119 e. The fourth-order valence-corrected chi connectivity index (χ4v) is 2.13. The second-order valence-corrected chi connectivity index (χ2v) is 4.59. The van der Waals surface area contributed by atoms with Gasteiger partial charge >= 0.3 is 0 Å². The van der Waals surface area contributed by atoms with E-state index >= 15 is 0 Å². The lowest BCUT2D eigenvalue weighted by atomic mass is 10.1. The maximum absolute atomic E-state index is 10.1. The number of rotatable bonds is 5. The highest BCUT2D eigenvalue weighted by molar-refractivity contribution is 5.29. The molecule has 0 aliphatic carbocycles. The molecule has 100 valence electrons. The maximum Gasteiger partial charge on any atom is 0.119 e. The van der Waals surface area contributed by atoms with Crippen LogP contribution in [0.2, 0.25) is 0 Å². The first kappa shape index (κ1) is 13.3. The number of aliphatic hydroxyl groups is 1. The van der Waals surface area contributed by atoms with Crippen LogP contribution in [0.1, 0.15) is 24.5 Å². The van der Waals surface area contributed by atoms with Crippen LogP contribution in [-0.2, 0) is 4.74 Å².